The number of nitrogens with zero attached hydrogens (tertiary/aromatic N) is 1. The van der Waals surface area contributed by atoms with Crippen molar-refractivity contribution in [2.75, 3.05) is 6.61 Å². The summed E-state index contributed by atoms with van der Waals surface area (Å²) in [7, 11) is 0. The number of amidine groups is 1. The van der Waals surface area contributed by atoms with Gasteiger partial charge in [-0.05, 0) is 48.7 Å². The van der Waals surface area contributed by atoms with Crippen LogP contribution in [0, 0.1) is 0 Å². The Kier molecular flexibility index (Phi) is 6.83. The summed E-state index contributed by atoms with van der Waals surface area (Å²) in [6.45, 7) is 3.82. The molecule has 2 aromatic carbocycles. The van der Waals surface area contributed by atoms with Crippen molar-refractivity contribution < 1.29 is 9.63 Å². The second kappa shape index (κ2) is 9.08. The van der Waals surface area contributed by atoms with Gasteiger partial charge in [0.05, 0.1) is 6.04 Å². The van der Waals surface area contributed by atoms with Gasteiger partial charge in [-0.25, -0.2) is 0 Å². The van der Waals surface area contributed by atoms with Crippen molar-refractivity contribution in [1.29, 1.82) is 0 Å². The van der Waals surface area contributed by atoms with Crippen LogP contribution in [0.3, 0.4) is 0 Å². The van der Waals surface area contributed by atoms with Crippen molar-refractivity contribution in [3.05, 3.63) is 70.2 Å². The van der Waals surface area contributed by atoms with E-state index < -0.39 is 0 Å². The standard InChI is InChI=1S/C19H22ClN3O2/c1-3-14-4-6-15(7-5-14)13(2)22-18(24)12-25-23-19(21)16-8-10-17(20)11-9-16/h4-11,13H,3,12H2,1-2H3,(H2,21,23)(H,22,24)/t13-/m1/s1. The number of hydrogen-bond acceptors (Lipinski definition) is 3. The molecular weight excluding hydrogens is 338 g/mol. The molecule has 0 saturated carbocycles. The van der Waals surface area contributed by atoms with E-state index in [0.29, 0.717) is 10.6 Å². The first-order chi connectivity index (χ1) is 12.0. The Morgan fingerprint density at radius 1 is 1.20 bits per heavy atom. The van der Waals surface area contributed by atoms with Gasteiger partial charge >= 0.3 is 0 Å². The Morgan fingerprint density at radius 3 is 2.44 bits per heavy atom. The van der Waals surface area contributed by atoms with Crippen LogP contribution < -0.4 is 11.1 Å². The zero-order valence-corrected chi connectivity index (χ0v) is 15.1. The predicted molar refractivity (Wildman–Crippen MR) is 101 cm³/mol. The summed E-state index contributed by atoms with van der Waals surface area (Å²) in [5.74, 6) is -0.0765. The summed E-state index contributed by atoms with van der Waals surface area (Å²) < 4.78 is 0. The zero-order chi connectivity index (χ0) is 18.2. The summed E-state index contributed by atoms with van der Waals surface area (Å²) in [5.41, 5.74) is 8.77. The van der Waals surface area contributed by atoms with E-state index in [1.165, 1.54) is 5.56 Å². The lowest BCUT2D eigenvalue weighted by molar-refractivity contribution is -0.126. The third-order valence-corrected chi connectivity index (χ3v) is 4.02. The van der Waals surface area contributed by atoms with E-state index in [1.54, 1.807) is 24.3 Å². The number of halogens is 1. The van der Waals surface area contributed by atoms with Crippen molar-refractivity contribution in [3.63, 3.8) is 0 Å². The first-order valence-electron chi connectivity index (χ1n) is 8.09. The summed E-state index contributed by atoms with van der Waals surface area (Å²) >= 11 is 5.81. The maximum absolute atomic E-state index is 11.9. The molecule has 0 aliphatic rings. The normalized spacial score (nSPS) is 12.5. The van der Waals surface area contributed by atoms with Gasteiger partial charge in [-0.15, -0.1) is 0 Å². The van der Waals surface area contributed by atoms with E-state index in [2.05, 4.69) is 29.5 Å². The number of aryl methyl sites for hydroxylation is 1. The number of rotatable bonds is 7. The summed E-state index contributed by atoms with van der Waals surface area (Å²) in [5, 5.41) is 7.23. The summed E-state index contributed by atoms with van der Waals surface area (Å²) in [6, 6.07) is 14.9. The minimum absolute atomic E-state index is 0.111. The average molecular weight is 360 g/mol. The highest BCUT2D eigenvalue weighted by atomic mass is 35.5. The molecule has 0 radical (unpaired) electrons. The second-order valence-electron chi connectivity index (χ2n) is 5.64. The van der Waals surface area contributed by atoms with Crippen molar-refractivity contribution in [3.8, 4) is 0 Å². The van der Waals surface area contributed by atoms with Crippen LogP contribution in [0.1, 0.15) is 36.6 Å². The van der Waals surface area contributed by atoms with E-state index in [9.17, 15) is 4.79 Å². The van der Waals surface area contributed by atoms with Crippen LogP contribution in [-0.4, -0.2) is 18.3 Å². The van der Waals surface area contributed by atoms with Gasteiger partial charge in [-0.3, -0.25) is 4.79 Å². The second-order valence-corrected chi connectivity index (χ2v) is 6.08. The number of carbonyl (C=O) groups excluding carboxylic acids is 1. The molecule has 0 fully saturated rings. The Morgan fingerprint density at radius 2 is 1.84 bits per heavy atom. The van der Waals surface area contributed by atoms with Gasteiger partial charge in [0.25, 0.3) is 5.91 Å². The molecule has 5 nitrogen and oxygen atoms in total. The molecule has 132 valence electrons. The third kappa shape index (κ3) is 5.80. The van der Waals surface area contributed by atoms with Gasteiger partial charge in [-0.2, -0.15) is 0 Å². The lowest BCUT2D eigenvalue weighted by atomic mass is 10.1. The van der Waals surface area contributed by atoms with Crippen LogP contribution in [0.15, 0.2) is 53.7 Å². The first kappa shape index (κ1) is 18.8. The molecule has 0 aromatic heterocycles. The predicted octanol–water partition coefficient (Wildman–Crippen LogP) is 3.42. The summed E-state index contributed by atoms with van der Waals surface area (Å²) in [6.07, 6.45) is 0.988. The molecule has 2 rings (SSSR count). The van der Waals surface area contributed by atoms with E-state index >= 15 is 0 Å². The molecule has 0 unspecified atom stereocenters. The van der Waals surface area contributed by atoms with Crippen LogP contribution in [0.4, 0.5) is 0 Å². The van der Waals surface area contributed by atoms with E-state index in [1.807, 2.05) is 19.1 Å². The monoisotopic (exact) mass is 359 g/mol. The molecule has 6 heteroatoms. The Hall–Kier alpha value is -2.53. The number of nitrogens with one attached hydrogen (secondary N) is 1. The Bertz CT molecular complexity index is 727. The van der Waals surface area contributed by atoms with E-state index in [0.717, 1.165) is 12.0 Å². The van der Waals surface area contributed by atoms with Gasteiger partial charge in [0.1, 0.15) is 0 Å². The molecule has 0 aliphatic carbocycles. The molecule has 0 heterocycles. The van der Waals surface area contributed by atoms with E-state index in [-0.39, 0.29) is 24.4 Å². The molecule has 25 heavy (non-hydrogen) atoms. The minimum Gasteiger partial charge on any atom is -0.384 e. The first-order valence-corrected chi connectivity index (χ1v) is 8.47. The number of nitrogens with two attached hydrogens (primary N) is 1. The lowest BCUT2D eigenvalue weighted by Gasteiger charge is -2.14. The zero-order valence-electron chi connectivity index (χ0n) is 14.3. The number of carbonyl (C=O) groups is 1. The van der Waals surface area contributed by atoms with E-state index in [4.69, 9.17) is 22.2 Å². The van der Waals surface area contributed by atoms with Crippen LogP contribution in [-0.2, 0) is 16.1 Å². The van der Waals surface area contributed by atoms with Gasteiger partial charge in [0.15, 0.2) is 12.4 Å². The molecule has 3 N–H and O–H groups in total. The van der Waals surface area contributed by atoms with Crippen LogP contribution in [0.5, 0.6) is 0 Å². The van der Waals surface area contributed by atoms with Gasteiger partial charge < -0.3 is 15.9 Å². The highest BCUT2D eigenvalue weighted by Gasteiger charge is 2.10. The fourth-order valence-corrected chi connectivity index (χ4v) is 2.37. The van der Waals surface area contributed by atoms with Crippen LogP contribution >= 0.6 is 11.6 Å². The van der Waals surface area contributed by atoms with Crippen LogP contribution in [0.25, 0.3) is 0 Å². The number of oxime groups is 1. The summed E-state index contributed by atoms with van der Waals surface area (Å²) in [4.78, 5) is 17.0. The van der Waals surface area contributed by atoms with Crippen molar-refractivity contribution >= 4 is 23.3 Å². The van der Waals surface area contributed by atoms with Crippen LogP contribution in [0.2, 0.25) is 5.02 Å². The molecule has 1 atom stereocenters. The van der Waals surface area contributed by atoms with Crippen molar-refractivity contribution in [2.24, 2.45) is 10.9 Å². The maximum Gasteiger partial charge on any atom is 0.261 e. The fourth-order valence-electron chi connectivity index (χ4n) is 2.24. The molecule has 0 spiro atoms. The molecular formula is C19H22ClN3O2. The lowest BCUT2D eigenvalue weighted by Crippen LogP contribution is -2.30. The fraction of sp³-hybridized carbons (Fsp3) is 0.263. The highest BCUT2D eigenvalue weighted by Crippen LogP contribution is 2.13. The largest absolute Gasteiger partial charge is 0.384 e. The number of amides is 1. The Balaban J connectivity index is 1.83. The quantitative estimate of drug-likeness (QED) is 0.452. The number of benzene rings is 2. The van der Waals surface area contributed by atoms with Gasteiger partial charge in [0.2, 0.25) is 0 Å². The molecule has 0 saturated heterocycles. The smallest absolute Gasteiger partial charge is 0.261 e. The average Bonchev–Trinajstić information content (AvgIpc) is 2.62. The molecule has 1 amide bonds. The van der Waals surface area contributed by atoms with Crippen molar-refractivity contribution in [1.82, 2.24) is 5.32 Å². The maximum atomic E-state index is 11.9. The Labute approximate surface area is 152 Å². The van der Waals surface area contributed by atoms with Gasteiger partial charge in [0, 0.05) is 10.6 Å². The SMILES string of the molecule is CCc1ccc([C@@H](C)NC(=O)CO/N=C(\N)c2ccc(Cl)cc2)cc1. The molecule has 0 bridgehead atoms. The molecule has 0 aliphatic heterocycles. The molecule has 2 aromatic rings. The highest BCUT2D eigenvalue weighted by molar-refractivity contribution is 6.30. The minimum atomic E-state index is -0.264. The number of hydrogen-bond donors (Lipinski definition) is 2. The van der Waals surface area contributed by atoms with Crippen molar-refractivity contribution in [2.45, 2.75) is 26.3 Å². The topological polar surface area (TPSA) is 76.7 Å². The third-order valence-electron chi connectivity index (χ3n) is 3.76. The van der Waals surface area contributed by atoms with Gasteiger partial charge in [-0.1, -0.05) is 47.9 Å².